The lowest BCUT2D eigenvalue weighted by Gasteiger charge is -2.07. The minimum absolute atomic E-state index is 0.0554. The monoisotopic (exact) mass is 409 g/mol. The number of tetrazole rings is 1. The largest absolute Gasteiger partial charge is 0.368 e. The summed E-state index contributed by atoms with van der Waals surface area (Å²) in [5.74, 6) is -0.229. The maximum absolute atomic E-state index is 12.5. The van der Waals surface area contributed by atoms with Gasteiger partial charge in [-0.15, -0.1) is 0 Å². The lowest BCUT2D eigenvalue weighted by atomic mass is 10.0. The number of amides is 1. The molecule has 0 bridgehead atoms. The molecule has 1 amide bonds. The van der Waals surface area contributed by atoms with E-state index >= 15 is 0 Å². The molecular weight excluding hydrogens is 386 g/mol. The number of rotatable bonds is 8. The highest BCUT2D eigenvalue weighted by molar-refractivity contribution is 7.86. The van der Waals surface area contributed by atoms with Gasteiger partial charge >= 0.3 is 5.69 Å². The summed E-state index contributed by atoms with van der Waals surface area (Å²) in [6, 6.07) is 3.40. The molecule has 10 nitrogen and oxygen atoms in total. The summed E-state index contributed by atoms with van der Waals surface area (Å²) in [6.45, 7) is 0.413. The number of nitrogens with two attached hydrogens (primary N) is 1. The Bertz CT molecular complexity index is 1020. The lowest BCUT2D eigenvalue weighted by molar-refractivity contribution is 0.0997. The van der Waals surface area contributed by atoms with Crippen molar-refractivity contribution in [3.05, 3.63) is 34.2 Å². The third-order valence-corrected chi connectivity index (χ3v) is 5.99. The molecule has 0 spiro atoms. The number of carbonyl (C=O) groups is 1. The normalized spacial score (nSPS) is 15.2. The highest BCUT2D eigenvalue weighted by Crippen LogP contribution is 2.28. The summed E-state index contributed by atoms with van der Waals surface area (Å²) in [5, 5.41) is 7.59. The number of aromatic nitrogens is 4. The van der Waals surface area contributed by atoms with Gasteiger partial charge in [-0.3, -0.25) is 9.35 Å². The Labute approximate surface area is 162 Å². The number of benzene rings is 1. The molecule has 1 fully saturated rings. The van der Waals surface area contributed by atoms with Gasteiger partial charge in [0.05, 0.1) is 11.3 Å². The maximum atomic E-state index is 12.5. The number of unbranched alkanes of at least 4 members (excludes halogenated alkanes) is 1. The van der Waals surface area contributed by atoms with Crippen LogP contribution in [0.1, 0.15) is 55.3 Å². The summed E-state index contributed by atoms with van der Waals surface area (Å²) < 4.78 is 34.5. The highest BCUT2D eigenvalue weighted by Gasteiger charge is 2.21. The van der Waals surface area contributed by atoms with E-state index in [4.69, 9.17) is 5.73 Å². The first-order valence-electron chi connectivity index (χ1n) is 9.22. The van der Waals surface area contributed by atoms with E-state index in [0.717, 1.165) is 42.0 Å². The zero-order valence-corrected chi connectivity index (χ0v) is 16.1. The number of primary amides is 1. The molecule has 2 aromatic rings. The first-order chi connectivity index (χ1) is 13.3. The molecular formula is C17H23N5O5S. The fraction of sp³-hybridized carbons (Fsp3) is 0.529. The average Bonchev–Trinajstić information content (AvgIpc) is 3.27. The SMILES string of the molecule is NC(=O)c1ccc(-n2nnn(CCCCC3CCCC3)c2=O)cc1S(=O)(=O)O. The van der Waals surface area contributed by atoms with E-state index in [9.17, 15) is 22.6 Å². The summed E-state index contributed by atoms with van der Waals surface area (Å²) >= 11 is 0. The van der Waals surface area contributed by atoms with Crippen LogP contribution in [0.2, 0.25) is 0 Å². The van der Waals surface area contributed by atoms with Crippen LogP contribution in [0.5, 0.6) is 0 Å². The maximum Gasteiger partial charge on any atom is 0.368 e. The van der Waals surface area contributed by atoms with Crippen molar-refractivity contribution in [2.24, 2.45) is 11.7 Å². The van der Waals surface area contributed by atoms with E-state index in [1.54, 1.807) is 0 Å². The van der Waals surface area contributed by atoms with Gasteiger partial charge in [-0.2, -0.15) is 17.8 Å². The van der Waals surface area contributed by atoms with Crippen LogP contribution < -0.4 is 11.4 Å². The van der Waals surface area contributed by atoms with Gasteiger partial charge in [0, 0.05) is 6.54 Å². The molecule has 1 aromatic heterocycles. The number of aryl methyl sites for hydroxylation is 1. The van der Waals surface area contributed by atoms with Crippen LogP contribution in [0.3, 0.4) is 0 Å². The Balaban J connectivity index is 1.75. The molecule has 0 atom stereocenters. The fourth-order valence-electron chi connectivity index (χ4n) is 3.63. The van der Waals surface area contributed by atoms with Crippen molar-refractivity contribution >= 4 is 16.0 Å². The Morgan fingerprint density at radius 3 is 2.57 bits per heavy atom. The molecule has 11 heteroatoms. The Kier molecular flexibility index (Phi) is 5.94. The molecule has 1 heterocycles. The number of nitrogens with zero attached hydrogens (tertiary/aromatic N) is 4. The lowest BCUT2D eigenvalue weighted by Crippen LogP contribution is -2.25. The minimum Gasteiger partial charge on any atom is -0.366 e. The van der Waals surface area contributed by atoms with Crippen LogP contribution in [0.15, 0.2) is 27.9 Å². The van der Waals surface area contributed by atoms with E-state index < -0.39 is 26.6 Å². The molecule has 3 N–H and O–H groups in total. The second kappa shape index (κ2) is 8.23. The molecule has 1 aliphatic rings. The molecule has 0 saturated heterocycles. The van der Waals surface area contributed by atoms with Gasteiger partial charge < -0.3 is 5.73 Å². The molecule has 3 rings (SSSR count). The van der Waals surface area contributed by atoms with Gasteiger partial charge in [-0.1, -0.05) is 38.5 Å². The second-order valence-electron chi connectivity index (χ2n) is 7.06. The predicted molar refractivity (Wildman–Crippen MR) is 99.8 cm³/mol. The third kappa shape index (κ3) is 4.47. The Morgan fingerprint density at radius 1 is 1.21 bits per heavy atom. The summed E-state index contributed by atoms with van der Waals surface area (Å²) in [6.07, 6.45) is 8.13. The summed E-state index contributed by atoms with van der Waals surface area (Å²) in [4.78, 5) is 23.2. The zero-order chi connectivity index (χ0) is 20.3. The molecule has 1 saturated carbocycles. The van der Waals surface area contributed by atoms with Crippen molar-refractivity contribution < 1.29 is 17.8 Å². The van der Waals surface area contributed by atoms with Crippen LogP contribution in [0, 0.1) is 5.92 Å². The highest BCUT2D eigenvalue weighted by atomic mass is 32.2. The Morgan fingerprint density at radius 2 is 1.93 bits per heavy atom. The van der Waals surface area contributed by atoms with E-state index in [-0.39, 0.29) is 11.3 Å². The van der Waals surface area contributed by atoms with E-state index in [0.29, 0.717) is 6.54 Å². The molecule has 1 aliphatic carbocycles. The predicted octanol–water partition coefficient (Wildman–Crippen LogP) is 1.14. The first-order valence-corrected chi connectivity index (χ1v) is 10.7. The van der Waals surface area contributed by atoms with Gasteiger partial charge in [0.2, 0.25) is 5.91 Å². The second-order valence-corrected chi connectivity index (χ2v) is 8.45. The first kappa shape index (κ1) is 20.2. The number of hydrogen-bond acceptors (Lipinski definition) is 6. The van der Waals surface area contributed by atoms with Crippen LogP contribution in [-0.4, -0.2) is 38.7 Å². The van der Waals surface area contributed by atoms with Gasteiger partial charge in [-0.05, 0) is 41.0 Å². The van der Waals surface area contributed by atoms with Gasteiger partial charge in [0.15, 0.2) is 0 Å². The summed E-state index contributed by atoms with van der Waals surface area (Å²) in [5.41, 5.74) is 4.28. The average molecular weight is 409 g/mol. The van der Waals surface area contributed by atoms with Crippen LogP contribution in [-0.2, 0) is 16.7 Å². The topological polar surface area (TPSA) is 150 Å². The molecule has 1 aromatic carbocycles. The zero-order valence-electron chi connectivity index (χ0n) is 15.3. The van der Waals surface area contributed by atoms with Gasteiger partial charge in [0.25, 0.3) is 10.1 Å². The third-order valence-electron chi connectivity index (χ3n) is 5.10. The van der Waals surface area contributed by atoms with Crippen molar-refractivity contribution in [2.45, 2.75) is 56.4 Å². The van der Waals surface area contributed by atoms with Crippen LogP contribution in [0.4, 0.5) is 0 Å². The Hall–Kier alpha value is -2.53. The van der Waals surface area contributed by atoms with E-state index in [2.05, 4.69) is 10.4 Å². The molecule has 152 valence electrons. The van der Waals surface area contributed by atoms with Crippen molar-refractivity contribution in [2.75, 3.05) is 0 Å². The molecule has 0 aliphatic heterocycles. The molecule has 0 unspecified atom stereocenters. The number of hydrogen-bond donors (Lipinski definition) is 2. The van der Waals surface area contributed by atoms with Crippen molar-refractivity contribution in [3.8, 4) is 5.69 Å². The number of carbonyl (C=O) groups excluding carboxylic acids is 1. The summed E-state index contributed by atoms with van der Waals surface area (Å²) in [7, 11) is -4.71. The van der Waals surface area contributed by atoms with Crippen LogP contribution >= 0.6 is 0 Å². The fourth-order valence-corrected chi connectivity index (χ4v) is 4.35. The molecule has 0 radical (unpaired) electrons. The van der Waals surface area contributed by atoms with Gasteiger partial charge in [-0.25, -0.2) is 4.79 Å². The quantitative estimate of drug-likeness (QED) is 0.490. The van der Waals surface area contributed by atoms with Crippen molar-refractivity contribution in [1.82, 2.24) is 19.8 Å². The van der Waals surface area contributed by atoms with Crippen LogP contribution in [0.25, 0.3) is 5.69 Å². The molecule has 28 heavy (non-hydrogen) atoms. The standard InChI is InChI=1S/C17H23N5O5S/c18-16(23)14-9-8-13(11-15(14)28(25,26)27)22-17(24)21(19-20-22)10-4-3-7-12-5-1-2-6-12/h8-9,11-12H,1-7,10H2,(H2,18,23)(H,25,26,27). The van der Waals surface area contributed by atoms with E-state index in [1.165, 1.54) is 36.4 Å². The minimum atomic E-state index is -4.71. The van der Waals surface area contributed by atoms with Gasteiger partial charge in [0.1, 0.15) is 4.90 Å². The van der Waals surface area contributed by atoms with Crippen molar-refractivity contribution in [1.29, 1.82) is 0 Å². The van der Waals surface area contributed by atoms with E-state index in [1.807, 2.05) is 0 Å². The smallest absolute Gasteiger partial charge is 0.366 e. The van der Waals surface area contributed by atoms with Crippen molar-refractivity contribution in [3.63, 3.8) is 0 Å².